The second-order valence-corrected chi connectivity index (χ2v) is 13.1. The molecule has 0 radical (unpaired) electrons. The van der Waals surface area contributed by atoms with Gasteiger partial charge in [0.2, 0.25) is 21.8 Å². The van der Waals surface area contributed by atoms with Gasteiger partial charge in [0.1, 0.15) is 17.8 Å². The molecule has 214 valence electrons. The van der Waals surface area contributed by atoms with Crippen LogP contribution in [0.3, 0.4) is 0 Å². The number of para-hydroxylation sites is 1. The number of carbonyl (C=O) groups excluding carboxylic acids is 2. The molecule has 40 heavy (non-hydrogen) atoms. The Bertz CT molecular complexity index is 1480. The summed E-state index contributed by atoms with van der Waals surface area (Å²) < 4.78 is 42.3. The van der Waals surface area contributed by atoms with Crippen LogP contribution in [-0.4, -0.2) is 82.3 Å². The summed E-state index contributed by atoms with van der Waals surface area (Å²) in [7, 11) is -9.95. The van der Waals surface area contributed by atoms with Gasteiger partial charge in [-0.1, -0.05) is 24.3 Å². The second kappa shape index (κ2) is 11.3. The van der Waals surface area contributed by atoms with Crippen LogP contribution in [0.15, 0.2) is 42.5 Å². The third-order valence-electron chi connectivity index (χ3n) is 6.72. The Balaban J connectivity index is 1.60. The normalized spacial score (nSPS) is 20.2. The number of nitrogens with zero attached hydrogens (tertiary/aromatic N) is 1. The Morgan fingerprint density at radius 1 is 1.15 bits per heavy atom. The number of fused-ring (bicyclic) bond motifs is 1. The molecule has 0 aromatic heterocycles. The Kier molecular flexibility index (Phi) is 8.40. The summed E-state index contributed by atoms with van der Waals surface area (Å²) >= 11 is 0. The first-order chi connectivity index (χ1) is 18.7. The SMILES string of the molecule is CS(=O)(=O)N1CCC[C@@H]1C(=O)N[C@@H](C(=O)N[C@H]1Cc2cccc(C(=O)O)c2OB1O)c1ccc(P(=O)(O)O)cc1. The minimum absolute atomic E-state index is 0.00828. The van der Waals surface area contributed by atoms with Crippen LogP contribution in [0.1, 0.15) is 40.4 Å². The lowest BCUT2D eigenvalue weighted by molar-refractivity contribution is -0.131. The van der Waals surface area contributed by atoms with Crippen LogP contribution < -0.4 is 20.6 Å². The van der Waals surface area contributed by atoms with Gasteiger partial charge in [-0.2, -0.15) is 4.31 Å². The fourth-order valence-corrected chi connectivity index (χ4v) is 6.44. The summed E-state index contributed by atoms with van der Waals surface area (Å²) in [6, 6.07) is 6.54. The predicted octanol–water partition coefficient (Wildman–Crippen LogP) is -1.09. The molecule has 1 fully saturated rings. The van der Waals surface area contributed by atoms with E-state index in [0.717, 1.165) is 22.7 Å². The second-order valence-electron chi connectivity index (χ2n) is 9.54. The summed E-state index contributed by atoms with van der Waals surface area (Å²) in [5.74, 6) is -3.93. The highest BCUT2D eigenvalue weighted by atomic mass is 32.2. The van der Waals surface area contributed by atoms with Gasteiger partial charge >= 0.3 is 20.7 Å². The Hall–Kier alpha value is -3.27. The van der Waals surface area contributed by atoms with E-state index >= 15 is 0 Å². The number of carboxylic acids is 1. The van der Waals surface area contributed by atoms with Crippen LogP contribution in [0.4, 0.5) is 0 Å². The van der Waals surface area contributed by atoms with E-state index in [1.54, 1.807) is 6.07 Å². The number of hydrogen-bond acceptors (Lipinski definition) is 8. The van der Waals surface area contributed by atoms with E-state index in [9.17, 15) is 47.3 Å². The van der Waals surface area contributed by atoms with Crippen LogP contribution in [0.25, 0.3) is 0 Å². The molecular weight excluding hydrogens is 568 g/mol. The van der Waals surface area contributed by atoms with Gasteiger partial charge in [0.05, 0.1) is 23.1 Å². The maximum Gasteiger partial charge on any atom is 0.547 e. The van der Waals surface area contributed by atoms with Crippen molar-refractivity contribution in [3.05, 3.63) is 59.2 Å². The maximum absolute atomic E-state index is 13.5. The van der Waals surface area contributed by atoms with Crippen LogP contribution in [0.5, 0.6) is 5.75 Å². The fourth-order valence-electron chi connectivity index (χ4n) is 4.78. The Morgan fingerprint density at radius 2 is 1.82 bits per heavy atom. The van der Waals surface area contributed by atoms with Crippen molar-refractivity contribution >= 4 is 47.8 Å². The van der Waals surface area contributed by atoms with Crippen molar-refractivity contribution in [2.24, 2.45) is 0 Å². The van der Waals surface area contributed by atoms with Crippen molar-refractivity contribution in [1.29, 1.82) is 0 Å². The van der Waals surface area contributed by atoms with Crippen molar-refractivity contribution < 1.29 is 51.9 Å². The standard InChI is InChI=1S/C23H27BN3O11PS/c1-40(36,37)27-11-3-6-17(27)21(28)26-19(13-7-9-15(10-8-13)39(33,34)35)22(29)25-18-12-14-4-2-5-16(23(30)31)20(14)38-24(18)32/h2,4-5,7-10,17-19,32H,3,6,11-12H2,1H3,(H,25,29)(H,26,28)(H,30,31)(H2,33,34,35)/t17-,18+,19-/m1/s1. The van der Waals surface area contributed by atoms with E-state index < -0.39 is 60.5 Å². The van der Waals surface area contributed by atoms with Gasteiger partial charge in [0.15, 0.2) is 0 Å². The molecule has 17 heteroatoms. The van der Waals surface area contributed by atoms with Gasteiger partial charge in [0, 0.05) is 6.54 Å². The molecule has 0 aliphatic carbocycles. The molecule has 4 rings (SSSR count). The minimum Gasteiger partial charge on any atom is -0.534 e. The molecule has 2 aliphatic heterocycles. The minimum atomic E-state index is -4.60. The molecular formula is C23H27BN3O11PS. The van der Waals surface area contributed by atoms with Crippen LogP contribution in [0, 0.1) is 0 Å². The number of aromatic carboxylic acids is 1. The third-order valence-corrected chi connectivity index (χ3v) is 8.98. The number of benzene rings is 2. The van der Waals surface area contributed by atoms with Gasteiger partial charge in [-0.15, -0.1) is 0 Å². The molecule has 0 saturated carbocycles. The maximum atomic E-state index is 13.5. The summed E-state index contributed by atoms with van der Waals surface area (Å²) in [6.45, 7) is 0.133. The average molecular weight is 595 g/mol. The van der Waals surface area contributed by atoms with Crippen molar-refractivity contribution in [2.75, 3.05) is 12.8 Å². The molecule has 14 nitrogen and oxygen atoms in total. The van der Waals surface area contributed by atoms with Crippen molar-refractivity contribution in [2.45, 2.75) is 37.3 Å². The monoisotopic (exact) mass is 595 g/mol. The van der Waals surface area contributed by atoms with Crippen molar-refractivity contribution in [1.82, 2.24) is 14.9 Å². The van der Waals surface area contributed by atoms with Crippen LogP contribution >= 0.6 is 7.60 Å². The van der Waals surface area contributed by atoms with Crippen LogP contribution in [-0.2, 0) is 30.6 Å². The number of carboxylic acid groups (broad SMARTS) is 1. The first-order valence-corrected chi connectivity index (χ1v) is 15.6. The smallest absolute Gasteiger partial charge is 0.534 e. The van der Waals surface area contributed by atoms with Crippen molar-refractivity contribution in [3.8, 4) is 5.75 Å². The molecule has 2 aromatic carbocycles. The van der Waals surface area contributed by atoms with E-state index in [0.29, 0.717) is 12.0 Å². The van der Waals surface area contributed by atoms with Gasteiger partial charge in [-0.05, 0) is 48.6 Å². The molecule has 0 bridgehead atoms. The van der Waals surface area contributed by atoms with Crippen LogP contribution in [0.2, 0.25) is 0 Å². The molecule has 0 spiro atoms. The summed E-state index contributed by atoms with van der Waals surface area (Å²) in [6.07, 6.45) is 1.62. The van der Waals surface area contributed by atoms with Gasteiger partial charge < -0.3 is 35.2 Å². The lowest BCUT2D eigenvalue weighted by atomic mass is 9.72. The number of nitrogens with one attached hydrogen (secondary N) is 2. The van der Waals surface area contributed by atoms with Gasteiger partial charge in [-0.25, -0.2) is 13.2 Å². The zero-order valence-electron chi connectivity index (χ0n) is 21.1. The molecule has 2 heterocycles. The lowest BCUT2D eigenvalue weighted by Crippen LogP contribution is -2.56. The third kappa shape index (κ3) is 6.38. The average Bonchev–Trinajstić information content (AvgIpc) is 3.38. The lowest BCUT2D eigenvalue weighted by Gasteiger charge is -2.31. The number of sulfonamides is 1. The zero-order chi connectivity index (χ0) is 29.4. The van der Waals surface area contributed by atoms with E-state index in [-0.39, 0.29) is 41.6 Å². The van der Waals surface area contributed by atoms with E-state index in [1.165, 1.54) is 24.3 Å². The van der Waals surface area contributed by atoms with E-state index in [2.05, 4.69) is 10.6 Å². The van der Waals surface area contributed by atoms with Crippen molar-refractivity contribution in [3.63, 3.8) is 0 Å². The fraction of sp³-hybridized carbons (Fsp3) is 0.348. The molecule has 2 aliphatic rings. The largest absolute Gasteiger partial charge is 0.547 e. The summed E-state index contributed by atoms with van der Waals surface area (Å²) in [5, 5.41) is 24.7. The van der Waals surface area contributed by atoms with Gasteiger partial charge in [-0.3, -0.25) is 14.2 Å². The number of hydrogen-bond donors (Lipinski definition) is 6. The topological polar surface area (TPSA) is 220 Å². The summed E-state index contributed by atoms with van der Waals surface area (Å²) in [4.78, 5) is 57.0. The van der Waals surface area contributed by atoms with E-state index in [4.69, 9.17) is 4.65 Å². The highest BCUT2D eigenvalue weighted by molar-refractivity contribution is 7.88. The molecule has 6 N–H and O–H groups in total. The first kappa shape index (κ1) is 29.7. The zero-order valence-corrected chi connectivity index (χ0v) is 22.8. The number of carbonyl (C=O) groups is 3. The number of rotatable bonds is 8. The van der Waals surface area contributed by atoms with E-state index in [1.807, 2.05) is 0 Å². The molecule has 2 amide bonds. The Morgan fingerprint density at radius 3 is 2.42 bits per heavy atom. The quantitative estimate of drug-likeness (QED) is 0.159. The number of amides is 2. The molecule has 1 saturated heterocycles. The highest BCUT2D eigenvalue weighted by Gasteiger charge is 2.41. The molecule has 0 unspecified atom stereocenters. The predicted molar refractivity (Wildman–Crippen MR) is 141 cm³/mol. The molecule has 3 atom stereocenters. The van der Waals surface area contributed by atoms with Gasteiger partial charge in [0.25, 0.3) is 0 Å². The Labute approximate surface area is 229 Å². The highest BCUT2D eigenvalue weighted by Crippen LogP contribution is 2.34. The molecule has 2 aromatic rings. The summed E-state index contributed by atoms with van der Waals surface area (Å²) in [5.41, 5.74) is 0.382. The first-order valence-electron chi connectivity index (χ1n) is 12.1.